The largest absolute Gasteiger partial charge is 0.463 e. The zero-order valence-electron chi connectivity index (χ0n) is 30.1. The van der Waals surface area contributed by atoms with E-state index in [2.05, 4.69) is 12.1 Å². The highest BCUT2D eigenvalue weighted by Gasteiger charge is 2.67. The summed E-state index contributed by atoms with van der Waals surface area (Å²) >= 11 is 1.24. The van der Waals surface area contributed by atoms with Crippen molar-refractivity contribution in [3.8, 4) is 0 Å². The van der Waals surface area contributed by atoms with Crippen LogP contribution in [0.2, 0.25) is 0 Å². The van der Waals surface area contributed by atoms with Crippen LogP contribution in [-0.2, 0) is 31.1 Å². The number of imide groups is 1. The number of carbonyl (C=O) groups excluding carboxylic acids is 3. The maximum absolute atomic E-state index is 15.2. The lowest BCUT2D eigenvalue weighted by Gasteiger charge is -2.53. The summed E-state index contributed by atoms with van der Waals surface area (Å²) in [5, 5.41) is 1.88. The number of aromatic nitrogens is 1. The van der Waals surface area contributed by atoms with Crippen LogP contribution in [0.3, 0.4) is 0 Å². The Hall–Kier alpha value is -6.19. The van der Waals surface area contributed by atoms with Crippen LogP contribution in [0.15, 0.2) is 142 Å². The monoisotopic (exact) mass is 741 g/mol. The number of esters is 1. The molecule has 0 N–H and O–H groups in total. The lowest BCUT2D eigenvalue weighted by molar-refractivity contribution is -0.141. The Labute approximate surface area is 320 Å². The van der Waals surface area contributed by atoms with Gasteiger partial charge in [0.2, 0.25) is 11.8 Å². The third-order valence-corrected chi connectivity index (χ3v) is 12.9. The number of allylic oxidation sites excluding steroid dienone is 1. The number of rotatable bonds is 6. The van der Waals surface area contributed by atoms with Gasteiger partial charge < -0.3 is 4.74 Å². The molecular formula is C46H35N3O5S. The molecule has 3 heterocycles. The fraction of sp³-hybridized carbons (Fsp3) is 0.196. The molecule has 5 aromatic carbocycles. The van der Waals surface area contributed by atoms with Crippen molar-refractivity contribution in [1.82, 2.24) is 9.47 Å². The highest BCUT2D eigenvalue weighted by molar-refractivity contribution is 7.07. The lowest BCUT2D eigenvalue weighted by Crippen LogP contribution is -2.53. The van der Waals surface area contributed by atoms with Crippen LogP contribution >= 0.6 is 11.3 Å². The predicted octanol–water partition coefficient (Wildman–Crippen LogP) is 6.15. The number of likely N-dealkylation sites (tertiary alicyclic amines) is 1. The molecule has 2 amide bonds. The van der Waals surface area contributed by atoms with Crippen molar-refractivity contribution in [2.45, 2.75) is 37.8 Å². The van der Waals surface area contributed by atoms with Gasteiger partial charge in [-0.15, -0.1) is 0 Å². The van der Waals surface area contributed by atoms with E-state index in [4.69, 9.17) is 9.73 Å². The number of ether oxygens (including phenoxy) is 1. The van der Waals surface area contributed by atoms with Gasteiger partial charge in [0, 0.05) is 5.92 Å². The van der Waals surface area contributed by atoms with Gasteiger partial charge in [-0.2, -0.15) is 0 Å². The van der Waals surface area contributed by atoms with E-state index in [-0.39, 0.29) is 36.4 Å². The van der Waals surface area contributed by atoms with E-state index in [9.17, 15) is 14.4 Å². The number of nitrogens with zero attached hydrogens (tertiary/aromatic N) is 3. The Bertz CT molecular complexity index is 2800. The van der Waals surface area contributed by atoms with E-state index in [1.54, 1.807) is 18.4 Å². The summed E-state index contributed by atoms with van der Waals surface area (Å²) < 4.78 is 7.58. The van der Waals surface area contributed by atoms with Crippen LogP contribution in [0.1, 0.15) is 59.2 Å². The van der Waals surface area contributed by atoms with Crippen LogP contribution in [0.4, 0.5) is 0 Å². The standard InChI is InChI=1S/C46H35N3O5S/c1-3-54-44(53)36-26(2)47-45-49(40(36)30-21-13-17-28-16-7-8-18-29(28)30)41(50)35(55-45)24-46-33-22-11-9-19-31(33)37(32-20-10-12-23-34(32)46)38-39(46)43(52)48(42(38)51)25-27-14-5-4-6-15-27/h4-24,37-40H,3,25H2,1-2H3/b35-24+/t37?,38-,39+,40+,46?/m0/s1. The third-order valence-electron chi connectivity index (χ3n) is 12.0. The van der Waals surface area contributed by atoms with Crippen molar-refractivity contribution in [2.24, 2.45) is 16.8 Å². The molecule has 1 saturated heterocycles. The highest BCUT2D eigenvalue weighted by Crippen LogP contribution is 2.64. The van der Waals surface area contributed by atoms with Crippen LogP contribution in [-0.4, -0.2) is 33.9 Å². The summed E-state index contributed by atoms with van der Waals surface area (Å²) in [6.07, 6.45) is 1.95. The molecule has 1 aromatic heterocycles. The van der Waals surface area contributed by atoms with E-state index in [1.165, 1.54) is 16.2 Å². The Balaban J connectivity index is 1.24. The fourth-order valence-corrected chi connectivity index (χ4v) is 10.9. The SMILES string of the molecule is CCOC(=O)C1=C(C)N=c2s/c(=C/C34c5ccccc5C(c5ccccc53)[C@@H]3C(=O)N(Cc5ccccc5)C(=O)[C@@H]34)c(=O)n2[C@@H]1c1cccc2ccccc12. The zero-order valence-corrected chi connectivity index (χ0v) is 31.0. The van der Waals surface area contributed by atoms with Gasteiger partial charge in [0.1, 0.15) is 0 Å². The number of amides is 2. The summed E-state index contributed by atoms with van der Waals surface area (Å²) in [5.41, 5.74) is 4.78. The molecule has 0 unspecified atom stereocenters. The van der Waals surface area contributed by atoms with Crippen molar-refractivity contribution in [3.63, 3.8) is 0 Å². The molecule has 55 heavy (non-hydrogen) atoms. The first-order chi connectivity index (χ1) is 26.8. The summed E-state index contributed by atoms with van der Waals surface area (Å²) in [6.45, 7) is 3.88. The third kappa shape index (κ3) is 4.66. The molecule has 0 spiro atoms. The number of hydrogen-bond acceptors (Lipinski definition) is 7. The molecule has 8 nitrogen and oxygen atoms in total. The molecule has 6 aromatic rings. The van der Waals surface area contributed by atoms with E-state index in [0.29, 0.717) is 20.6 Å². The summed E-state index contributed by atoms with van der Waals surface area (Å²) in [6, 6.07) is 38.7. The second-order valence-electron chi connectivity index (χ2n) is 14.6. The van der Waals surface area contributed by atoms with E-state index < -0.39 is 29.3 Å². The van der Waals surface area contributed by atoms with Crippen molar-refractivity contribution in [2.75, 3.05) is 6.61 Å². The van der Waals surface area contributed by atoms with Gasteiger partial charge in [0.05, 0.1) is 52.2 Å². The van der Waals surface area contributed by atoms with Gasteiger partial charge in [-0.3, -0.25) is 23.9 Å². The van der Waals surface area contributed by atoms with Crippen molar-refractivity contribution in [1.29, 1.82) is 0 Å². The highest BCUT2D eigenvalue weighted by atomic mass is 32.1. The number of fused-ring (bicyclic) bond motifs is 2. The Morgan fingerprint density at radius 1 is 0.800 bits per heavy atom. The summed E-state index contributed by atoms with van der Waals surface area (Å²) in [4.78, 5) is 65.3. The zero-order chi connectivity index (χ0) is 37.6. The lowest BCUT2D eigenvalue weighted by atomic mass is 9.47. The number of hydrogen-bond donors (Lipinski definition) is 0. The second kappa shape index (κ2) is 12.4. The van der Waals surface area contributed by atoms with E-state index in [1.807, 2.05) is 115 Å². The average Bonchev–Trinajstić information content (AvgIpc) is 3.65. The predicted molar refractivity (Wildman–Crippen MR) is 210 cm³/mol. The number of benzene rings is 5. The van der Waals surface area contributed by atoms with Crippen molar-refractivity contribution >= 4 is 46.0 Å². The van der Waals surface area contributed by atoms with Gasteiger partial charge in [0.15, 0.2) is 4.80 Å². The Kier molecular flexibility index (Phi) is 7.54. The molecule has 1 fully saturated rings. The molecule has 3 atom stereocenters. The van der Waals surface area contributed by atoms with Crippen molar-refractivity contribution < 1.29 is 19.1 Å². The minimum atomic E-state index is -1.14. The van der Waals surface area contributed by atoms with Crippen LogP contribution < -0.4 is 14.9 Å². The van der Waals surface area contributed by atoms with E-state index in [0.717, 1.165) is 44.2 Å². The first-order valence-electron chi connectivity index (χ1n) is 18.6. The maximum atomic E-state index is 15.2. The fourth-order valence-electron chi connectivity index (χ4n) is 9.84. The van der Waals surface area contributed by atoms with Gasteiger partial charge >= 0.3 is 5.97 Å². The smallest absolute Gasteiger partial charge is 0.338 e. The van der Waals surface area contributed by atoms with Crippen LogP contribution in [0.5, 0.6) is 0 Å². The molecule has 9 heteroatoms. The topological polar surface area (TPSA) is 98.0 Å². The van der Waals surface area contributed by atoms with Crippen LogP contribution in [0, 0.1) is 11.8 Å². The number of thiazole rings is 1. The van der Waals surface area contributed by atoms with Crippen molar-refractivity contribution in [3.05, 3.63) is 186 Å². The molecule has 2 bridgehead atoms. The molecular weight excluding hydrogens is 707 g/mol. The van der Waals surface area contributed by atoms with Gasteiger partial charge in [-0.1, -0.05) is 133 Å². The van der Waals surface area contributed by atoms with E-state index >= 15 is 4.79 Å². The minimum absolute atomic E-state index is 0.168. The quantitative estimate of drug-likeness (QED) is 0.151. The van der Waals surface area contributed by atoms with Crippen LogP contribution in [0.25, 0.3) is 16.8 Å². The van der Waals surface area contributed by atoms with Gasteiger partial charge in [0.25, 0.3) is 5.56 Å². The molecule has 2 aliphatic heterocycles. The molecule has 270 valence electrons. The molecule has 0 radical (unpaired) electrons. The van der Waals surface area contributed by atoms with Gasteiger partial charge in [-0.25, -0.2) is 9.79 Å². The average molecular weight is 742 g/mol. The summed E-state index contributed by atoms with van der Waals surface area (Å²) in [5.74, 6) is -2.71. The number of carbonyl (C=O) groups is 3. The molecule has 3 aliphatic carbocycles. The van der Waals surface area contributed by atoms with Gasteiger partial charge in [-0.05, 0) is 64.1 Å². The first kappa shape index (κ1) is 33.4. The molecule has 11 rings (SSSR count). The second-order valence-corrected chi connectivity index (χ2v) is 15.7. The Morgan fingerprint density at radius 2 is 1.44 bits per heavy atom. The Morgan fingerprint density at radius 3 is 2.16 bits per heavy atom. The molecule has 5 aliphatic rings. The molecule has 0 saturated carbocycles. The minimum Gasteiger partial charge on any atom is -0.463 e. The first-order valence-corrected chi connectivity index (χ1v) is 19.4. The normalized spacial score (nSPS) is 23.7. The summed E-state index contributed by atoms with van der Waals surface area (Å²) in [7, 11) is 0. The maximum Gasteiger partial charge on any atom is 0.338 e.